The van der Waals surface area contributed by atoms with E-state index >= 15 is 0 Å². The maximum atomic E-state index is 6.27. The van der Waals surface area contributed by atoms with Crippen LogP contribution in [0.1, 0.15) is 5.01 Å². The van der Waals surface area contributed by atoms with Crippen LogP contribution in [0, 0.1) is 0 Å². The molecule has 0 spiro atoms. The standard InChI is InChI=1S/C14H11BrClN3OS/c1-20-7-11-19-13-10(21-11)5-6-17-14(13)18-9-4-2-3-8(15)12(9)16/h2-6H,7H2,1H3,(H,17,18). The minimum atomic E-state index is 0.496. The van der Waals surface area contributed by atoms with E-state index in [4.69, 9.17) is 16.3 Å². The summed E-state index contributed by atoms with van der Waals surface area (Å²) in [6, 6.07) is 7.65. The molecule has 0 atom stereocenters. The van der Waals surface area contributed by atoms with Crippen LogP contribution < -0.4 is 5.32 Å². The van der Waals surface area contributed by atoms with Gasteiger partial charge in [0.1, 0.15) is 10.5 Å². The lowest BCUT2D eigenvalue weighted by molar-refractivity contribution is 0.185. The van der Waals surface area contributed by atoms with Crippen LogP contribution in [0.3, 0.4) is 0 Å². The molecule has 2 heterocycles. The van der Waals surface area contributed by atoms with Gasteiger partial charge in [0.25, 0.3) is 0 Å². The topological polar surface area (TPSA) is 47.0 Å². The number of halogens is 2. The van der Waals surface area contributed by atoms with Gasteiger partial charge in [0.05, 0.1) is 22.0 Å². The van der Waals surface area contributed by atoms with Crippen LogP contribution in [0.4, 0.5) is 11.5 Å². The smallest absolute Gasteiger partial charge is 0.157 e. The highest BCUT2D eigenvalue weighted by Crippen LogP contribution is 2.34. The average molecular weight is 385 g/mol. The summed E-state index contributed by atoms with van der Waals surface area (Å²) in [6.45, 7) is 0.496. The van der Waals surface area contributed by atoms with Crippen molar-refractivity contribution in [2.24, 2.45) is 0 Å². The molecule has 0 bridgehead atoms. The molecule has 108 valence electrons. The molecule has 0 saturated heterocycles. The van der Waals surface area contributed by atoms with Crippen molar-refractivity contribution in [3.8, 4) is 0 Å². The fourth-order valence-corrected chi connectivity index (χ4v) is 3.38. The third kappa shape index (κ3) is 3.03. The molecule has 21 heavy (non-hydrogen) atoms. The molecule has 0 aliphatic rings. The first-order valence-electron chi connectivity index (χ1n) is 6.13. The van der Waals surface area contributed by atoms with Gasteiger partial charge in [0, 0.05) is 17.8 Å². The van der Waals surface area contributed by atoms with Crippen LogP contribution in [0.5, 0.6) is 0 Å². The van der Waals surface area contributed by atoms with Crippen LogP contribution in [0.2, 0.25) is 5.02 Å². The number of pyridine rings is 1. The quantitative estimate of drug-likeness (QED) is 0.688. The lowest BCUT2D eigenvalue weighted by atomic mass is 10.3. The van der Waals surface area contributed by atoms with E-state index in [1.807, 2.05) is 24.3 Å². The van der Waals surface area contributed by atoms with Gasteiger partial charge >= 0.3 is 0 Å². The molecular formula is C14H11BrClN3OS. The third-order valence-electron chi connectivity index (χ3n) is 2.82. The number of aromatic nitrogens is 2. The Morgan fingerprint density at radius 2 is 2.24 bits per heavy atom. The van der Waals surface area contributed by atoms with Gasteiger partial charge < -0.3 is 10.1 Å². The van der Waals surface area contributed by atoms with E-state index < -0.39 is 0 Å². The molecule has 1 aromatic carbocycles. The minimum absolute atomic E-state index is 0.496. The van der Waals surface area contributed by atoms with Gasteiger partial charge in [-0.25, -0.2) is 9.97 Å². The molecule has 2 aromatic heterocycles. The van der Waals surface area contributed by atoms with E-state index in [2.05, 4.69) is 31.2 Å². The van der Waals surface area contributed by atoms with Crippen LogP contribution in [0.25, 0.3) is 10.2 Å². The van der Waals surface area contributed by atoms with Crippen molar-refractivity contribution < 1.29 is 4.74 Å². The number of nitrogens with zero attached hydrogens (tertiary/aromatic N) is 2. The Labute approximate surface area is 139 Å². The maximum absolute atomic E-state index is 6.27. The second kappa shape index (κ2) is 6.27. The van der Waals surface area contributed by atoms with Gasteiger partial charge in [0.2, 0.25) is 0 Å². The SMILES string of the molecule is COCc1nc2c(Nc3cccc(Br)c3Cl)nccc2s1. The molecule has 0 amide bonds. The summed E-state index contributed by atoms with van der Waals surface area (Å²) in [7, 11) is 1.66. The molecule has 0 fully saturated rings. The molecule has 0 aliphatic carbocycles. The van der Waals surface area contributed by atoms with Gasteiger partial charge in [-0.3, -0.25) is 0 Å². The number of anilines is 2. The van der Waals surface area contributed by atoms with Crippen molar-refractivity contribution in [2.45, 2.75) is 6.61 Å². The van der Waals surface area contributed by atoms with Gasteiger partial charge in [-0.2, -0.15) is 0 Å². The van der Waals surface area contributed by atoms with E-state index in [0.717, 1.165) is 25.4 Å². The Bertz CT molecular complexity index is 793. The highest BCUT2D eigenvalue weighted by molar-refractivity contribution is 9.10. The summed E-state index contributed by atoms with van der Waals surface area (Å²) in [5.74, 6) is 0.686. The summed E-state index contributed by atoms with van der Waals surface area (Å²) in [5.41, 5.74) is 1.61. The molecule has 3 rings (SSSR count). The Morgan fingerprint density at radius 1 is 1.38 bits per heavy atom. The third-order valence-corrected chi connectivity index (χ3v) is 5.11. The normalized spacial score (nSPS) is 11.0. The fourth-order valence-electron chi connectivity index (χ4n) is 1.91. The van der Waals surface area contributed by atoms with Gasteiger partial charge in [-0.15, -0.1) is 11.3 Å². The monoisotopic (exact) mass is 383 g/mol. The number of ether oxygens (including phenoxy) is 1. The molecule has 0 saturated carbocycles. The van der Waals surface area contributed by atoms with Crippen LogP contribution >= 0.6 is 38.9 Å². The van der Waals surface area contributed by atoms with Crippen molar-refractivity contribution in [1.82, 2.24) is 9.97 Å². The molecular weight excluding hydrogens is 374 g/mol. The zero-order valence-corrected chi connectivity index (χ0v) is 14.2. The lowest BCUT2D eigenvalue weighted by Crippen LogP contribution is -1.95. The first-order chi connectivity index (χ1) is 10.2. The van der Waals surface area contributed by atoms with Crippen molar-refractivity contribution in [1.29, 1.82) is 0 Å². The zero-order valence-electron chi connectivity index (χ0n) is 11.1. The van der Waals surface area contributed by atoms with E-state index in [0.29, 0.717) is 17.4 Å². The second-order valence-corrected chi connectivity index (χ2v) is 6.62. The predicted octanol–water partition coefficient (Wildman–Crippen LogP) is 5.00. The zero-order chi connectivity index (χ0) is 14.8. The highest BCUT2D eigenvalue weighted by atomic mass is 79.9. The van der Waals surface area contributed by atoms with E-state index in [9.17, 15) is 0 Å². The first-order valence-corrected chi connectivity index (χ1v) is 8.12. The summed E-state index contributed by atoms with van der Waals surface area (Å²) in [6.07, 6.45) is 1.76. The number of rotatable bonds is 4. The average Bonchev–Trinajstić information content (AvgIpc) is 2.88. The molecule has 3 aromatic rings. The fraction of sp³-hybridized carbons (Fsp3) is 0.143. The Balaban J connectivity index is 2.02. The van der Waals surface area contributed by atoms with E-state index in [-0.39, 0.29) is 0 Å². The molecule has 0 radical (unpaired) electrons. The van der Waals surface area contributed by atoms with Crippen LogP contribution in [-0.2, 0) is 11.3 Å². The Kier molecular flexibility index (Phi) is 4.40. The molecule has 0 aliphatic heterocycles. The van der Waals surface area contributed by atoms with Crippen molar-refractivity contribution in [3.05, 3.63) is 45.0 Å². The predicted molar refractivity (Wildman–Crippen MR) is 90.6 cm³/mol. The van der Waals surface area contributed by atoms with Crippen LogP contribution in [-0.4, -0.2) is 17.1 Å². The minimum Gasteiger partial charge on any atom is -0.378 e. The van der Waals surface area contributed by atoms with E-state index in [1.54, 1.807) is 24.6 Å². The first kappa shape index (κ1) is 14.7. The van der Waals surface area contributed by atoms with Crippen molar-refractivity contribution >= 4 is 60.6 Å². The number of nitrogens with one attached hydrogen (secondary N) is 1. The van der Waals surface area contributed by atoms with Crippen molar-refractivity contribution in [3.63, 3.8) is 0 Å². The second-order valence-electron chi connectivity index (χ2n) is 4.27. The summed E-state index contributed by atoms with van der Waals surface area (Å²) in [5, 5.41) is 4.78. The largest absolute Gasteiger partial charge is 0.378 e. The number of fused-ring (bicyclic) bond motifs is 1. The Hall–Kier alpha value is -1.21. The van der Waals surface area contributed by atoms with Gasteiger partial charge in [-0.05, 0) is 34.1 Å². The highest BCUT2D eigenvalue weighted by Gasteiger charge is 2.11. The number of methoxy groups -OCH3 is 1. The number of thiazole rings is 1. The summed E-state index contributed by atoms with van der Waals surface area (Å²) >= 11 is 11.3. The van der Waals surface area contributed by atoms with E-state index in [1.165, 1.54) is 0 Å². The summed E-state index contributed by atoms with van der Waals surface area (Å²) < 4.78 is 7.02. The van der Waals surface area contributed by atoms with Gasteiger partial charge in [-0.1, -0.05) is 17.7 Å². The number of hydrogen-bond donors (Lipinski definition) is 1. The van der Waals surface area contributed by atoms with Gasteiger partial charge in [0.15, 0.2) is 5.82 Å². The summed E-state index contributed by atoms with van der Waals surface area (Å²) in [4.78, 5) is 8.93. The maximum Gasteiger partial charge on any atom is 0.157 e. The number of hydrogen-bond acceptors (Lipinski definition) is 5. The van der Waals surface area contributed by atoms with Crippen LogP contribution in [0.15, 0.2) is 34.9 Å². The Morgan fingerprint density at radius 3 is 3.05 bits per heavy atom. The molecule has 4 nitrogen and oxygen atoms in total. The lowest BCUT2D eigenvalue weighted by Gasteiger charge is -2.08. The molecule has 7 heteroatoms. The molecule has 0 unspecified atom stereocenters. The van der Waals surface area contributed by atoms with Crippen molar-refractivity contribution in [2.75, 3.05) is 12.4 Å². The molecule has 1 N–H and O–H groups in total. The number of benzene rings is 1.